The van der Waals surface area contributed by atoms with Gasteiger partial charge in [0.2, 0.25) is 0 Å². The fraction of sp³-hybridized carbons (Fsp3) is 1.00. The van der Waals surface area contributed by atoms with Gasteiger partial charge in [-0.2, -0.15) is 0 Å². The second-order valence-electron chi connectivity index (χ2n) is 5.15. The summed E-state index contributed by atoms with van der Waals surface area (Å²) in [6, 6.07) is 0.762. The number of ether oxygens (including phenoxy) is 1. The first-order valence-electron chi connectivity index (χ1n) is 6.80. The van der Waals surface area contributed by atoms with E-state index in [1.165, 1.54) is 12.8 Å². The molecule has 0 aromatic rings. The highest BCUT2D eigenvalue weighted by Gasteiger charge is 2.29. The summed E-state index contributed by atoms with van der Waals surface area (Å²) < 4.78 is 5.13. The monoisotopic (exact) mass is 244 g/mol. The summed E-state index contributed by atoms with van der Waals surface area (Å²) in [6.45, 7) is 5.22. The van der Waals surface area contributed by atoms with Crippen molar-refractivity contribution in [3.8, 4) is 0 Å². The Bertz CT molecular complexity index is 204. The Morgan fingerprint density at radius 1 is 1.41 bits per heavy atom. The van der Waals surface area contributed by atoms with Crippen LogP contribution in [0, 0.1) is 0 Å². The first-order chi connectivity index (χ1) is 8.15. The van der Waals surface area contributed by atoms with Gasteiger partial charge >= 0.3 is 0 Å². The lowest BCUT2D eigenvalue weighted by molar-refractivity contribution is 0.0305. The van der Waals surface area contributed by atoms with Gasteiger partial charge in [-0.25, -0.2) is 0 Å². The molecule has 0 heterocycles. The number of hydrogen-bond acceptors (Lipinski definition) is 4. The zero-order valence-electron chi connectivity index (χ0n) is 11.3. The van der Waals surface area contributed by atoms with Gasteiger partial charge in [-0.1, -0.05) is 6.92 Å². The van der Waals surface area contributed by atoms with Gasteiger partial charge < -0.3 is 15.6 Å². The quantitative estimate of drug-likeness (QED) is 0.601. The molecule has 4 nitrogen and oxygen atoms in total. The molecule has 1 aliphatic carbocycles. The maximum atomic E-state index is 10.1. The van der Waals surface area contributed by atoms with Gasteiger partial charge in [0, 0.05) is 26.2 Å². The van der Waals surface area contributed by atoms with Crippen molar-refractivity contribution in [1.29, 1.82) is 0 Å². The molecule has 0 aliphatic heterocycles. The Morgan fingerprint density at radius 2 is 2.12 bits per heavy atom. The zero-order valence-corrected chi connectivity index (χ0v) is 11.3. The summed E-state index contributed by atoms with van der Waals surface area (Å²) in [4.78, 5) is 2.48. The molecule has 0 bridgehead atoms. The van der Waals surface area contributed by atoms with E-state index < -0.39 is 5.60 Å². The Balaban J connectivity index is 2.22. The molecule has 1 fully saturated rings. The van der Waals surface area contributed by atoms with Crippen molar-refractivity contribution in [2.45, 2.75) is 50.7 Å². The molecule has 3 N–H and O–H groups in total. The van der Waals surface area contributed by atoms with Crippen molar-refractivity contribution in [2.24, 2.45) is 5.73 Å². The molecule has 1 rings (SSSR count). The molecule has 0 spiro atoms. The Hall–Kier alpha value is -0.160. The third kappa shape index (κ3) is 5.34. The molecule has 1 aliphatic rings. The summed E-state index contributed by atoms with van der Waals surface area (Å²) >= 11 is 0. The zero-order chi connectivity index (χ0) is 12.7. The second-order valence-corrected chi connectivity index (χ2v) is 5.15. The highest BCUT2D eigenvalue weighted by molar-refractivity contribution is 4.85. The standard InChI is InChI=1S/C13H28N2O2/c1-3-13(16,11-14)7-4-8-15(9-10-17-2)12-5-6-12/h12,16H,3-11,14H2,1-2H3. The van der Waals surface area contributed by atoms with Crippen molar-refractivity contribution in [2.75, 3.05) is 33.4 Å². The summed E-state index contributed by atoms with van der Waals surface area (Å²) in [5.41, 5.74) is 4.95. The van der Waals surface area contributed by atoms with Gasteiger partial charge in [0.25, 0.3) is 0 Å². The van der Waals surface area contributed by atoms with E-state index in [2.05, 4.69) is 4.90 Å². The van der Waals surface area contributed by atoms with E-state index in [1.807, 2.05) is 6.92 Å². The normalized spacial score (nSPS) is 19.6. The average molecular weight is 244 g/mol. The van der Waals surface area contributed by atoms with Gasteiger partial charge in [-0.15, -0.1) is 0 Å². The summed E-state index contributed by atoms with van der Waals surface area (Å²) in [6.07, 6.45) is 5.19. The van der Waals surface area contributed by atoms with Crippen molar-refractivity contribution in [1.82, 2.24) is 4.90 Å². The van der Waals surface area contributed by atoms with Gasteiger partial charge in [0.15, 0.2) is 0 Å². The molecular weight excluding hydrogens is 216 g/mol. The number of nitrogens with two attached hydrogens (primary N) is 1. The van der Waals surface area contributed by atoms with Crippen LogP contribution in [0.4, 0.5) is 0 Å². The van der Waals surface area contributed by atoms with E-state index in [9.17, 15) is 5.11 Å². The van der Waals surface area contributed by atoms with Crippen LogP contribution in [0.15, 0.2) is 0 Å². The largest absolute Gasteiger partial charge is 0.389 e. The van der Waals surface area contributed by atoms with Crippen molar-refractivity contribution >= 4 is 0 Å². The minimum atomic E-state index is -0.656. The van der Waals surface area contributed by atoms with Crippen LogP contribution in [0.1, 0.15) is 39.0 Å². The molecule has 0 saturated heterocycles. The first-order valence-corrected chi connectivity index (χ1v) is 6.80. The number of aliphatic hydroxyl groups is 1. The molecule has 4 heteroatoms. The van der Waals surface area contributed by atoms with E-state index in [0.29, 0.717) is 6.54 Å². The highest BCUT2D eigenvalue weighted by Crippen LogP contribution is 2.27. The number of nitrogens with zero attached hydrogens (tertiary/aromatic N) is 1. The molecule has 1 atom stereocenters. The Kier molecular flexibility index (Phi) is 6.41. The fourth-order valence-electron chi connectivity index (χ4n) is 2.16. The Morgan fingerprint density at radius 3 is 2.59 bits per heavy atom. The molecule has 0 aromatic heterocycles. The summed E-state index contributed by atoms with van der Waals surface area (Å²) in [5, 5.41) is 10.1. The van der Waals surface area contributed by atoms with Crippen LogP contribution in [0.3, 0.4) is 0 Å². The third-order valence-corrected chi connectivity index (χ3v) is 3.77. The topological polar surface area (TPSA) is 58.7 Å². The molecule has 102 valence electrons. The minimum Gasteiger partial charge on any atom is -0.389 e. The maximum absolute atomic E-state index is 10.1. The van der Waals surface area contributed by atoms with Crippen molar-refractivity contribution < 1.29 is 9.84 Å². The smallest absolute Gasteiger partial charge is 0.0767 e. The van der Waals surface area contributed by atoms with E-state index in [-0.39, 0.29) is 0 Å². The van der Waals surface area contributed by atoms with E-state index in [0.717, 1.165) is 45.0 Å². The van der Waals surface area contributed by atoms with Crippen molar-refractivity contribution in [3.63, 3.8) is 0 Å². The third-order valence-electron chi connectivity index (χ3n) is 3.77. The summed E-state index contributed by atoms with van der Waals surface area (Å²) in [5.74, 6) is 0. The fourth-order valence-corrected chi connectivity index (χ4v) is 2.16. The van der Waals surface area contributed by atoms with Gasteiger partial charge in [0.05, 0.1) is 12.2 Å². The first kappa shape index (κ1) is 14.9. The van der Waals surface area contributed by atoms with E-state index >= 15 is 0 Å². The number of methoxy groups -OCH3 is 1. The van der Waals surface area contributed by atoms with Crippen LogP contribution < -0.4 is 5.73 Å². The minimum absolute atomic E-state index is 0.366. The van der Waals surface area contributed by atoms with Gasteiger partial charge in [-0.3, -0.25) is 4.90 Å². The lowest BCUT2D eigenvalue weighted by Gasteiger charge is -2.27. The molecule has 0 amide bonds. The average Bonchev–Trinajstić information content (AvgIpc) is 3.17. The molecule has 1 unspecified atom stereocenters. The van der Waals surface area contributed by atoms with Crippen LogP contribution in [-0.2, 0) is 4.74 Å². The molecular formula is C13H28N2O2. The second kappa shape index (κ2) is 7.31. The van der Waals surface area contributed by atoms with E-state index in [1.54, 1.807) is 7.11 Å². The molecule has 1 saturated carbocycles. The number of hydrogen-bond donors (Lipinski definition) is 2. The van der Waals surface area contributed by atoms with E-state index in [4.69, 9.17) is 10.5 Å². The van der Waals surface area contributed by atoms with Gasteiger partial charge in [0.1, 0.15) is 0 Å². The van der Waals surface area contributed by atoms with Crippen LogP contribution in [0.5, 0.6) is 0 Å². The summed E-state index contributed by atoms with van der Waals surface area (Å²) in [7, 11) is 1.75. The highest BCUT2D eigenvalue weighted by atomic mass is 16.5. The van der Waals surface area contributed by atoms with Crippen LogP contribution >= 0.6 is 0 Å². The molecule has 0 radical (unpaired) electrons. The number of rotatable bonds is 10. The van der Waals surface area contributed by atoms with Crippen LogP contribution in [-0.4, -0.2) is 55.0 Å². The Labute approximate surface area is 105 Å². The lowest BCUT2D eigenvalue weighted by atomic mass is 9.95. The molecule has 17 heavy (non-hydrogen) atoms. The molecule has 0 aromatic carbocycles. The van der Waals surface area contributed by atoms with Gasteiger partial charge in [-0.05, 0) is 38.6 Å². The van der Waals surface area contributed by atoms with Crippen LogP contribution in [0.2, 0.25) is 0 Å². The predicted molar refractivity (Wildman–Crippen MR) is 70.0 cm³/mol. The van der Waals surface area contributed by atoms with Crippen LogP contribution in [0.25, 0.3) is 0 Å². The lowest BCUT2D eigenvalue weighted by Crippen LogP contribution is -2.38. The maximum Gasteiger partial charge on any atom is 0.0767 e. The predicted octanol–water partition coefficient (Wildman–Crippen LogP) is 0.977. The van der Waals surface area contributed by atoms with Crippen molar-refractivity contribution in [3.05, 3.63) is 0 Å². The SMILES string of the molecule is CCC(O)(CN)CCCN(CCOC)C1CC1.